The lowest BCUT2D eigenvalue weighted by atomic mass is 9.85. The molecule has 13 aromatic carbocycles. The molecular formula is C90H86N4. The second-order valence-electron chi connectivity index (χ2n) is 29.2. The number of hydrogen-bond donors (Lipinski definition) is 0. The zero-order valence-corrected chi connectivity index (χ0v) is 56.7. The van der Waals surface area contributed by atoms with Gasteiger partial charge < -0.3 is 19.6 Å². The number of nitrogens with zero attached hydrogens (tertiary/aromatic N) is 4. The smallest absolute Gasteiger partial charge is 0.0468 e. The van der Waals surface area contributed by atoms with E-state index in [1.165, 1.54) is 54.9 Å². The predicted molar refractivity (Wildman–Crippen MR) is 406 cm³/mol. The lowest BCUT2D eigenvalue weighted by molar-refractivity contribution is 0.590. The van der Waals surface area contributed by atoms with Crippen LogP contribution in [-0.4, -0.2) is 0 Å². The Kier molecular flexibility index (Phi) is 16.7. The fourth-order valence-electron chi connectivity index (χ4n) is 13.2. The maximum Gasteiger partial charge on any atom is 0.0468 e. The Morgan fingerprint density at radius 2 is 0.351 bits per heavy atom. The van der Waals surface area contributed by atoms with Crippen LogP contribution in [0.15, 0.2) is 303 Å². The van der Waals surface area contributed by atoms with Gasteiger partial charge in [-0.25, -0.2) is 0 Å². The van der Waals surface area contributed by atoms with Crippen LogP contribution in [0, 0.1) is 0 Å². The van der Waals surface area contributed by atoms with Gasteiger partial charge in [0.15, 0.2) is 0 Å². The van der Waals surface area contributed by atoms with Gasteiger partial charge in [0.1, 0.15) is 0 Å². The molecule has 0 amide bonds. The summed E-state index contributed by atoms with van der Waals surface area (Å²) in [7, 11) is 0. The summed E-state index contributed by atoms with van der Waals surface area (Å²) in [6.45, 7) is 27.3. The summed E-state index contributed by atoms with van der Waals surface area (Å²) in [4.78, 5) is 9.57. The Morgan fingerprint density at radius 3 is 0.574 bits per heavy atom. The van der Waals surface area contributed by atoms with Crippen molar-refractivity contribution < 1.29 is 0 Å². The van der Waals surface area contributed by atoms with E-state index in [1.54, 1.807) is 0 Å². The van der Waals surface area contributed by atoms with Gasteiger partial charge in [-0.2, -0.15) is 0 Å². The molecule has 0 aliphatic heterocycles. The third kappa shape index (κ3) is 12.8. The van der Waals surface area contributed by atoms with Gasteiger partial charge in [0.2, 0.25) is 0 Å². The van der Waals surface area contributed by atoms with Gasteiger partial charge in [-0.1, -0.05) is 241 Å². The minimum atomic E-state index is -0.0118. The SMILES string of the molecule is CC(C)(C)c1ccc(N(c2ccccc2)c2ccc(N(c3ccc(C(C)(C)C)cc3)c3ccc4c(-c5ccccc5)c5cc(N(c6ccc(N(c7ccccc7)c7ccc(C(C)(C)C)cc7)cc6)c6ccc(C(C)(C)C)cc6)ccc5c(-c5ccccc5)c4c3)cc2)cc1. The molecule has 0 heterocycles. The fraction of sp³-hybridized carbons (Fsp3) is 0.178. The van der Waals surface area contributed by atoms with E-state index in [0.29, 0.717) is 0 Å². The van der Waals surface area contributed by atoms with E-state index in [-0.39, 0.29) is 21.7 Å². The summed E-state index contributed by atoms with van der Waals surface area (Å²) < 4.78 is 0. The van der Waals surface area contributed by atoms with Crippen molar-refractivity contribution in [1.29, 1.82) is 0 Å². The Balaban J connectivity index is 0.991. The van der Waals surface area contributed by atoms with Crippen LogP contribution >= 0.6 is 0 Å². The zero-order valence-electron chi connectivity index (χ0n) is 56.7. The highest BCUT2D eigenvalue weighted by Crippen LogP contribution is 2.50. The molecule has 0 aliphatic carbocycles. The van der Waals surface area contributed by atoms with Crippen LogP contribution in [0.3, 0.4) is 0 Å². The van der Waals surface area contributed by atoms with Gasteiger partial charge in [-0.3, -0.25) is 0 Å². The van der Waals surface area contributed by atoms with Gasteiger partial charge in [-0.05, 0) is 233 Å². The van der Waals surface area contributed by atoms with Crippen molar-refractivity contribution in [3.8, 4) is 22.3 Å². The first-order chi connectivity index (χ1) is 45.2. The molecule has 4 heteroatoms. The fourth-order valence-corrected chi connectivity index (χ4v) is 13.2. The molecule has 0 radical (unpaired) electrons. The monoisotopic (exact) mass is 1220 g/mol. The van der Waals surface area contributed by atoms with Crippen molar-refractivity contribution in [2.24, 2.45) is 0 Å². The molecule has 0 aromatic heterocycles. The Bertz CT molecular complexity index is 4420. The van der Waals surface area contributed by atoms with Crippen molar-refractivity contribution in [3.05, 3.63) is 326 Å². The van der Waals surface area contributed by atoms with Crippen molar-refractivity contribution in [2.45, 2.75) is 105 Å². The van der Waals surface area contributed by atoms with Gasteiger partial charge in [0, 0.05) is 68.2 Å². The van der Waals surface area contributed by atoms with E-state index < -0.39 is 0 Å². The first-order valence-electron chi connectivity index (χ1n) is 33.2. The van der Waals surface area contributed by atoms with E-state index in [4.69, 9.17) is 0 Å². The van der Waals surface area contributed by atoms with E-state index >= 15 is 0 Å². The quantitative estimate of drug-likeness (QED) is 0.101. The summed E-state index contributed by atoms with van der Waals surface area (Å²) in [6, 6.07) is 112. The minimum absolute atomic E-state index is 0.0118. The lowest BCUT2D eigenvalue weighted by Crippen LogP contribution is -2.14. The van der Waals surface area contributed by atoms with Gasteiger partial charge >= 0.3 is 0 Å². The molecule has 0 atom stereocenters. The van der Waals surface area contributed by atoms with E-state index in [1.807, 2.05) is 0 Å². The second kappa shape index (κ2) is 25.2. The van der Waals surface area contributed by atoms with Crippen LogP contribution in [0.2, 0.25) is 0 Å². The largest absolute Gasteiger partial charge is 0.311 e. The van der Waals surface area contributed by atoms with E-state index in [9.17, 15) is 0 Å². The highest BCUT2D eigenvalue weighted by Gasteiger charge is 2.26. The first-order valence-corrected chi connectivity index (χ1v) is 33.2. The van der Waals surface area contributed by atoms with Crippen molar-refractivity contribution in [2.75, 3.05) is 19.6 Å². The predicted octanol–water partition coefficient (Wildman–Crippen LogP) is 26.4. The van der Waals surface area contributed by atoms with Crippen LogP contribution in [0.4, 0.5) is 68.2 Å². The molecule has 0 N–H and O–H groups in total. The highest BCUT2D eigenvalue weighted by molar-refractivity contribution is 6.22. The molecule has 13 aromatic rings. The molecule has 94 heavy (non-hydrogen) atoms. The highest BCUT2D eigenvalue weighted by atomic mass is 15.2. The average molecular weight is 1220 g/mol. The lowest BCUT2D eigenvalue weighted by Gasteiger charge is -2.30. The molecule has 0 aliphatic rings. The second-order valence-corrected chi connectivity index (χ2v) is 29.2. The van der Waals surface area contributed by atoms with Crippen molar-refractivity contribution in [1.82, 2.24) is 0 Å². The standard InChI is InChI=1S/C90H86N4/c1-87(2,3)65-33-41-71(42-34-65)91(69-29-21-15-22-30-69)75-49-53-77(54-50-75)93(73-45-37-67(38-46-73)89(7,8)9)79-57-59-81-83(61-79)85(63-25-17-13-18-26-63)82-60-58-80(62-84(82)86(81)64-27-19-14-20-28-64)94(74-47-39-68(40-48-74)90(10,11)12)78-55-51-76(52-56-78)92(70-31-23-16-24-32-70)72-43-35-66(36-44-72)88(4,5)6/h13-62H,1-12H3. The average Bonchev–Trinajstić information content (AvgIpc) is 0.732. The van der Waals surface area contributed by atoms with Gasteiger partial charge in [0.05, 0.1) is 0 Å². The maximum absolute atomic E-state index is 2.44. The van der Waals surface area contributed by atoms with Gasteiger partial charge in [0.25, 0.3) is 0 Å². The van der Waals surface area contributed by atoms with Crippen LogP contribution in [0.25, 0.3) is 43.8 Å². The summed E-state index contributed by atoms with van der Waals surface area (Å²) in [5.74, 6) is 0. The van der Waals surface area contributed by atoms with E-state index in [2.05, 4.69) is 406 Å². The summed E-state index contributed by atoms with van der Waals surface area (Å²) in [5.41, 5.74) is 22.9. The normalized spacial score (nSPS) is 12.0. The molecule has 0 fully saturated rings. The third-order valence-electron chi connectivity index (χ3n) is 18.5. The summed E-state index contributed by atoms with van der Waals surface area (Å²) in [5, 5.41) is 4.70. The van der Waals surface area contributed by atoms with Gasteiger partial charge in [-0.15, -0.1) is 0 Å². The topological polar surface area (TPSA) is 13.0 Å². The molecule has 0 spiro atoms. The maximum atomic E-state index is 2.44. The number of benzene rings is 13. The number of para-hydroxylation sites is 2. The zero-order chi connectivity index (χ0) is 65.5. The van der Waals surface area contributed by atoms with Crippen LogP contribution in [0.5, 0.6) is 0 Å². The number of hydrogen-bond acceptors (Lipinski definition) is 4. The van der Waals surface area contributed by atoms with E-state index in [0.717, 1.165) is 79.4 Å². The molecular weight excluding hydrogens is 1140 g/mol. The summed E-state index contributed by atoms with van der Waals surface area (Å²) >= 11 is 0. The van der Waals surface area contributed by atoms with Crippen LogP contribution < -0.4 is 19.6 Å². The molecule has 0 saturated heterocycles. The third-order valence-corrected chi connectivity index (χ3v) is 18.5. The van der Waals surface area contributed by atoms with Crippen molar-refractivity contribution in [3.63, 3.8) is 0 Å². The number of rotatable bonds is 14. The number of fused-ring (bicyclic) bond motifs is 2. The Hall–Kier alpha value is -10.4. The Labute approximate surface area is 558 Å². The molecule has 4 nitrogen and oxygen atoms in total. The van der Waals surface area contributed by atoms with Crippen LogP contribution in [0.1, 0.15) is 105 Å². The number of anilines is 12. The molecule has 466 valence electrons. The first kappa shape index (κ1) is 62.4. The minimum Gasteiger partial charge on any atom is -0.311 e. The Morgan fingerprint density at radius 1 is 0.170 bits per heavy atom. The molecule has 13 rings (SSSR count). The molecule has 0 saturated carbocycles. The van der Waals surface area contributed by atoms with Crippen molar-refractivity contribution >= 4 is 89.8 Å². The molecule has 0 unspecified atom stereocenters. The van der Waals surface area contributed by atoms with Crippen LogP contribution in [-0.2, 0) is 21.7 Å². The molecule has 0 bridgehead atoms. The summed E-state index contributed by atoms with van der Waals surface area (Å²) in [6.07, 6.45) is 0.